The molecule has 194 valence electrons. The lowest BCUT2D eigenvalue weighted by atomic mass is 9.81. The van der Waals surface area contributed by atoms with Gasteiger partial charge in [-0.05, 0) is 31.5 Å². The molecule has 0 aliphatic carbocycles. The normalized spacial score (nSPS) is 13.7. The predicted octanol–water partition coefficient (Wildman–Crippen LogP) is 5.47. The van der Waals surface area contributed by atoms with Gasteiger partial charge in [0, 0.05) is 36.0 Å². The number of allylic oxidation sites excluding steroid dienone is 1. The molecular weight excluding hydrogens is 473 g/mol. The number of carbonyl (C=O) groups excluding carboxylic acids is 2. The van der Waals surface area contributed by atoms with E-state index in [0.29, 0.717) is 11.1 Å². The number of hydrogen-bond donors (Lipinski definition) is 2. The number of halogens is 3. The average Bonchev–Trinajstić information content (AvgIpc) is 2.79. The summed E-state index contributed by atoms with van der Waals surface area (Å²) in [5, 5.41) is 5.39. The molecule has 1 atom stereocenters. The van der Waals surface area contributed by atoms with E-state index in [0.717, 1.165) is 6.08 Å². The molecule has 0 fully saturated rings. The summed E-state index contributed by atoms with van der Waals surface area (Å²) in [7, 11) is 0. The number of ether oxygens (including phenoxy) is 1. The number of carbonyl (C=O) groups is 2. The third-order valence-corrected chi connectivity index (χ3v) is 5.36. The van der Waals surface area contributed by atoms with Crippen molar-refractivity contribution in [1.29, 1.82) is 0 Å². The third kappa shape index (κ3) is 7.16. The summed E-state index contributed by atoms with van der Waals surface area (Å²) >= 11 is 0. The Kier molecular flexibility index (Phi) is 9.01. The molecule has 10 heteroatoms. The molecule has 2 heterocycles. The molecule has 1 unspecified atom stereocenters. The van der Waals surface area contributed by atoms with Crippen LogP contribution in [0.25, 0.3) is 0 Å². The van der Waals surface area contributed by atoms with Crippen LogP contribution in [0, 0.1) is 10.8 Å². The first-order valence-corrected chi connectivity index (χ1v) is 11.2. The largest absolute Gasteiger partial charge is 0.476 e. The van der Waals surface area contributed by atoms with Gasteiger partial charge < -0.3 is 15.4 Å². The summed E-state index contributed by atoms with van der Waals surface area (Å²) in [5.74, 6) is -0.361. The van der Waals surface area contributed by atoms with Gasteiger partial charge in [0.05, 0.1) is 0 Å². The van der Waals surface area contributed by atoms with Crippen LogP contribution in [0.3, 0.4) is 0 Å². The highest BCUT2D eigenvalue weighted by molar-refractivity contribution is 5.97. The molecule has 0 aliphatic heterocycles. The maximum absolute atomic E-state index is 13.8. The van der Waals surface area contributed by atoms with Crippen LogP contribution < -0.4 is 15.4 Å². The van der Waals surface area contributed by atoms with Crippen molar-refractivity contribution >= 4 is 17.6 Å². The standard InChI is InChI=1S/C26H31F3N4O3/c1-7-11-25(17(2)3,26(27,28)29)16-36-21-9-8-18(14-31-21)15-32-22(34)19-10-12-30-20(13-19)33-23(35)24(4,5)6/h7-14H,2,15-16H2,1,3-6H3,(H,32,34)(H,30,33,35)/b11-7+. The van der Waals surface area contributed by atoms with Crippen molar-refractivity contribution in [2.24, 2.45) is 10.8 Å². The number of nitrogens with zero attached hydrogens (tertiary/aromatic N) is 2. The smallest absolute Gasteiger partial charge is 0.404 e. The molecule has 2 N–H and O–H groups in total. The predicted molar refractivity (Wildman–Crippen MR) is 131 cm³/mol. The van der Waals surface area contributed by atoms with Crippen LogP contribution in [-0.2, 0) is 11.3 Å². The molecule has 2 aromatic heterocycles. The molecule has 2 rings (SSSR count). The van der Waals surface area contributed by atoms with Crippen molar-refractivity contribution in [2.75, 3.05) is 11.9 Å². The van der Waals surface area contributed by atoms with E-state index < -0.39 is 29.5 Å². The van der Waals surface area contributed by atoms with Crippen LogP contribution in [0.4, 0.5) is 19.0 Å². The number of rotatable bonds is 9. The number of aromatic nitrogens is 2. The Balaban J connectivity index is 2.01. The number of pyridine rings is 2. The molecule has 36 heavy (non-hydrogen) atoms. The Morgan fingerprint density at radius 2 is 1.83 bits per heavy atom. The van der Waals surface area contributed by atoms with Crippen LogP contribution >= 0.6 is 0 Å². The van der Waals surface area contributed by atoms with Crippen molar-refractivity contribution in [1.82, 2.24) is 15.3 Å². The van der Waals surface area contributed by atoms with Gasteiger partial charge in [-0.25, -0.2) is 9.97 Å². The molecule has 2 aromatic rings. The minimum atomic E-state index is -4.59. The molecular formula is C26H31F3N4O3. The maximum Gasteiger partial charge on any atom is 0.404 e. The van der Waals surface area contributed by atoms with E-state index >= 15 is 0 Å². The van der Waals surface area contributed by atoms with Gasteiger partial charge in [0.2, 0.25) is 11.8 Å². The highest BCUT2D eigenvalue weighted by Crippen LogP contribution is 2.45. The molecule has 7 nitrogen and oxygen atoms in total. The lowest BCUT2D eigenvalue weighted by molar-refractivity contribution is -0.200. The van der Waals surface area contributed by atoms with Gasteiger partial charge in [-0.15, -0.1) is 0 Å². The topological polar surface area (TPSA) is 93.2 Å². The summed E-state index contributed by atoms with van der Waals surface area (Å²) in [5.41, 5.74) is -2.12. The summed E-state index contributed by atoms with van der Waals surface area (Å²) in [6.45, 7) is 11.0. The zero-order chi connectivity index (χ0) is 27.1. The fourth-order valence-electron chi connectivity index (χ4n) is 3.03. The first-order valence-electron chi connectivity index (χ1n) is 11.2. The first-order chi connectivity index (χ1) is 16.7. The summed E-state index contributed by atoms with van der Waals surface area (Å²) in [6.07, 6.45) is 0.578. The highest BCUT2D eigenvalue weighted by atomic mass is 19.4. The van der Waals surface area contributed by atoms with Crippen LogP contribution in [-0.4, -0.2) is 34.6 Å². The SMILES string of the molecule is C=C(C)C(/C=C/C)(COc1ccc(CNC(=O)c2ccnc(NC(=O)C(C)(C)C)c2)cn1)C(F)(F)F. The lowest BCUT2D eigenvalue weighted by Gasteiger charge is -2.33. The van der Waals surface area contributed by atoms with Gasteiger partial charge in [-0.2, -0.15) is 13.2 Å². The van der Waals surface area contributed by atoms with Crippen LogP contribution in [0.1, 0.15) is 50.5 Å². The monoisotopic (exact) mass is 504 g/mol. The molecule has 0 aromatic carbocycles. The van der Waals surface area contributed by atoms with Gasteiger partial charge in [-0.3, -0.25) is 9.59 Å². The minimum Gasteiger partial charge on any atom is -0.476 e. The van der Waals surface area contributed by atoms with E-state index in [2.05, 4.69) is 27.2 Å². The number of nitrogens with one attached hydrogen (secondary N) is 2. The zero-order valence-corrected chi connectivity index (χ0v) is 21.0. The summed E-state index contributed by atoms with van der Waals surface area (Å²) in [4.78, 5) is 32.8. The Hall–Kier alpha value is -3.69. The van der Waals surface area contributed by atoms with Crippen molar-refractivity contribution in [3.05, 3.63) is 72.1 Å². The second kappa shape index (κ2) is 11.4. The van der Waals surface area contributed by atoms with E-state index in [1.807, 2.05) is 0 Å². The Morgan fingerprint density at radius 1 is 1.14 bits per heavy atom. The fraction of sp³-hybridized carbons (Fsp3) is 0.385. The van der Waals surface area contributed by atoms with Crippen molar-refractivity contribution in [2.45, 2.75) is 47.3 Å². The zero-order valence-electron chi connectivity index (χ0n) is 21.0. The van der Waals surface area contributed by atoms with Crippen LogP contribution in [0.2, 0.25) is 0 Å². The van der Waals surface area contributed by atoms with E-state index in [9.17, 15) is 22.8 Å². The van der Waals surface area contributed by atoms with Crippen molar-refractivity contribution in [3.8, 4) is 5.88 Å². The average molecular weight is 505 g/mol. The second-order valence-electron chi connectivity index (χ2n) is 9.36. The first kappa shape index (κ1) is 28.5. The molecule has 0 radical (unpaired) electrons. The quantitative estimate of drug-likeness (QED) is 0.442. The highest BCUT2D eigenvalue weighted by Gasteiger charge is 2.54. The second-order valence-corrected chi connectivity index (χ2v) is 9.36. The van der Waals surface area contributed by atoms with Gasteiger partial charge in [-0.1, -0.05) is 51.1 Å². The number of alkyl halides is 3. The Labute approximate surface area is 208 Å². The van der Waals surface area contributed by atoms with Crippen molar-refractivity contribution in [3.63, 3.8) is 0 Å². The molecule has 0 aliphatic rings. The Morgan fingerprint density at radius 3 is 2.36 bits per heavy atom. The van der Waals surface area contributed by atoms with Gasteiger partial charge in [0.25, 0.3) is 5.91 Å². The fourth-order valence-corrected chi connectivity index (χ4v) is 3.03. The van der Waals surface area contributed by atoms with E-state index in [1.165, 1.54) is 50.5 Å². The lowest BCUT2D eigenvalue weighted by Crippen LogP contribution is -2.42. The summed E-state index contributed by atoms with van der Waals surface area (Å²) < 4.78 is 46.6. The third-order valence-electron chi connectivity index (χ3n) is 5.36. The maximum atomic E-state index is 13.8. The minimum absolute atomic E-state index is 0.0119. The molecule has 0 saturated carbocycles. The van der Waals surface area contributed by atoms with Crippen LogP contribution in [0.15, 0.2) is 61.0 Å². The molecule has 0 bridgehead atoms. The molecule has 0 spiro atoms. The van der Waals surface area contributed by atoms with E-state index in [4.69, 9.17) is 4.74 Å². The van der Waals surface area contributed by atoms with E-state index in [1.54, 1.807) is 26.8 Å². The van der Waals surface area contributed by atoms with E-state index in [-0.39, 0.29) is 29.7 Å². The number of amides is 2. The molecule has 0 saturated heterocycles. The van der Waals surface area contributed by atoms with Gasteiger partial charge >= 0.3 is 6.18 Å². The number of anilines is 1. The van der Waals surface area contributed by atoms with Gasteiger partial charge in [0.1, 0.15) is 17.8 Å². The Bertz CT molecular complexity index is 1120. The number of hydrogen-bond acceptors (Lipinski definition) is 5. The summed E-state index contributed by atoms with van der Waals surface area (Å²) in [6, 6.07) is 6.00. The molecule has 2 amide bonds. The van der Waals surface area contributed by atoms with Crippen molar-refractivity contribution < 1.29 is 27.5 Å². The van der Waals surface area contributed by atoms with Gasteiger partial charge in [0.15, 0.2) is 0 Å². The van der Waals surface area contributed by atoms with Crippen LogP contribution in [0.5, 0.6) is 5.88 Å².